The Morgan fingerprint density at radius 2 is 1.90 bits per heavy atom. The first kappa shape index (κ1) is 20.3. The predicted octanol–water partition coefficient (Wildman–Crippen LogP) is 3.23. The van der Waals surface area contributed by atoms with Gasteiger partial charge in [0.25, 0.3) is 5.91 Å². The molecule has 0 aliphatic heterocycles. The molecule has 1 aliphatic carbocycles. The van der Waals surface area contributed by atoms with Crippen molar-refractivity contribution < 1.29 is 19.4 Å². The molecule has 0 saturated heterocycles. The number of methoxy groups -OCH3 is 2. The molecule has 30 heavy (non-hydrogen) atoms. The van der Waals surface area contributed by atoms with E-state index in [1.807, 2.05) is 24.3 Å². The van der Waals surface area contributed by atoms with E-state index in [9.17, 15) is 4.79 Å². The van der Waals surface area contributed by atoms with Gasteiger partial charge in [0.2, 0.25) is 0 Å². The Bertz CT molecular complexity index is 1090. The molecule has 1 aromatic heterocycles. The Kier molecular flexibility index (Phi) is 5.65. The average Bonchev–Trinajstić information content (AvgIpc) is 3.30. The van der Waals surface area contributed by atoms with E-state index < -0.39 is 0 Å². The van der Waals surface area contributed by atoms with Crippen LogP contribution in [0.1, 0.15) is 28.0 Å². The van der Waals surface area contributed by atoms with Crippen molar-refractivity contribution in [3.63, 3.8) is 0 Å². The average molecular weight is 428 g/mol. The molecule has 7 nitrogen and oxygen atoms in total. The van der Waals surface area contributed by atoms with Gasteiger partial charge in [-0.3, -0.25) is 4.79 Å². The van der Waals surface area contributed by atoms with Crippen LogP contribution >= 0.6 is 11.6 Å². The lowest BCUT2D eigenvalue weighted by molar-refractivity contribution is 0.0945. The van der Waals surface area contributed by atoms with Crippen LogP contribution in [0.15, 0.2) is 36.4 Å². The first-order valence-corrected chi connectivity index (χ1v) is 9.97. The lowest BCUT2D eigenvalue weighted by atomic mass is 10.1. The number of carbonyl (C=O) groups is 1. The van der Waals surface area contributed by atoms with E-state index >= 15 is 0 Å². The highest BCUT2D eigenvalue weighted by Gasteiger charge is 2.32. The number of fused-ring (bicyclic) bond motifs is 3. The molecule has 8 heteroatoms. The summed E-state index contributed by atoms with van der Waals surface area (Å²) in [7, 11) is 3.19. The zero-order valence-electron chi connectivity index (χ0n) is 16.7. The topological polar surface area (TPSA) is 85.6 Å². The number of hydrogen-bond donors (Lipinski definition) is 2. The molecule has 0 atom stereocenters. The minimum atomic E-state index is -0.265. The number of aromatic nitrogens is 2. The molecule has 1 aliphatic rings. The van der Waals surface area contributed by atoms with Crippen LogP contribution < -0.4 is 14.8 Å². The molecule has 0 spiro atoms. The second kappa shape index (κ2) is 8.38. The van der Waals surface area contributed by atoms with E-state index in [1.54, 1.807) is 31.0 Å². The minimum absolute atomic E-state index is 0.0165. The van der Waals surface area contributed by atoms with Crippen LogP contribution in [-0.4, -0.2) is 48.2 Å². The third-order valence-electron chi connectivity index (χ3n) is 5.12. The van der Waals surface area contributed by atoms with E-state index in [1.165, 1.54) is 0 Å². The Morgan fingerprint density at radius 3 is 2.57 bits per heavy atom. The van der Waals surface area contributed by atoms with Crippen molar-refractivity contribution in [2.75, 3.05) is 27.4 Å². The number of aliphatic hydroxyl groups is 1. The van der Waals surface area contributed by atoms with Gasteiger partial charge in [0, 0.05) is 35.7 Å². The number of carbonyl (C=O) groups excluding carboxylic acids is 1. The summed E-state index contributed by atoms with van der Waals surface area (Å²) in [6.07, 6.45) is 1.04. The molecule has 156 valence electrons. The van der Waals surface area contributed by atoms with Gasteiger partial charge in [-0.2, -0.15) is 5.10 Å². The summed E-state index contributed by atoms with van der Waals surface area (Å²) in [5.74, 6) is 0.988. The third-order valence-corrected chi connectivity index (χ3v) is 5.37. The fourth-order valence-electron chi connectivity index (χ4n) is 3.69. The first-order chi connectivity index (χ1) is 14.6. The summed E-state index contributed by atoms with van der Waals surface area (Å²) in [5, 5.41) is 17.1. The highest BCUT2D eigenvalue weighted by molar-refractivity contribution is 6.30. The SMILES string of the molecule is COc1cc2c(cc1OC)-c1c(c(C(=O)NCCCO)nn1-c1ccc(Cl)cc1)C2. The highest BCUT2D eigenvalue weighted by Crippen LogP contribution is 2.44. The van der Waals surface area contributed by atoms with Gasteiger partial charge in [-0.25, -0.2) is 4.68 Å². The smallest absolute Gasteiger partial charge is 0.272 e. The molecule has 1 heterocycles. The fourth-order valence-corrected chi connectivity index (χ4v) is 3.81. The Labute approximate surface area is 179 Å². The zero-order valence-corrected chi connectivity index (χ0v) is 17.5. The molecule has 1 amide bonds. The van der Waals surface area contributed by atoms with Gasteiger partial charge in [-0.05, 0) is 48.4 Å². The molecule has 0 saturated carbocycles. The molecule has 2 aromatic carbocycles. The molecule has 0 radical (unpaired) electrons. The summed E-state index contributed by atoms with van der Waals surface area (Å²) >= 11 is 6.05. The summed E-state index contributed by atoms with van der Waals surface area (Å²) in [6.45, 7) is 0.398. The number of nitrogens with one attached hydrogen (secondary N) is 1. The van der Waals surface area contributed by atoms with Crippen LogP contribution in [0.4, 0.5) is 0 Å². The van der Waals surface area contributed by atoms with E-state index in [-0.39, 0.29) is 12.5 Å². The van der Waals surface area contributed by atoms with Gasteiger partial charge in [0.1, 0.15) is 0 Å². The van der Waals surface area contributed by atoms with E-state index in [0.29, 0.717) is 41.6 Å². The van der Waals surface area contributed by atoms with Crippen LogP contribution in [0.3, 0.4) is 0 Å². The third kappa shape index (κ3) is 3.51. The molecule has 0 bridgehead atoms. The Balaban J connectivity index is 1.86. The lowest BCUT2D eigenvalue weighted by Gasteiger charge is -2.12. The van der Waals surface area contributed by atoms with Crippen molar-refractivity contribution in [3.8, 4) is 28.4 Å². The molecule has 0 fully saturated rings. The largest absolute Gasteiger partial charge is 0.493 e. The van der Waals surface area contributed by atoms with Crippen LogP contribution in [-0.2, 0) is 6.42 Å². The van der Waals surface area contributed by atoms with Crippen LogP contribution in [0.5, 0.6) is 11.5 Å². The number of rotatable bonds is 7. The summed E-state index contributed by atoms with van der Waals surface area (Å²) in [6, 6.07) is 11.2. The fraction of sp³-hybridized carbons (Fsp3) is 0.273. The van der Waals surface area contributed by atoms with E-state index in [0.717, 1.165) is 28.1 Å². The van der Waals surface area contributed by atoms with Crippen molar-refractivity contribution in [1.82, 2.24) is 15.1 Å². The van der Waals surface area contributed by atoms with Crippen LogP contribution in [0.2, 0.25) is 5.02 Å². The first-order valence-electron chi connectivity index (χ1n) is 9.59. The Morgan fingerprint density at radius 1 is 1.20 bits per heavy atom. The number of benzene rings is 2. The predicted molar refractivity (Wildman–Crippen MR) is 114 cm³/mol. The molecule has 4 rings (SSSR count). The number of aliphatic hydroxyl groups excluding tert-OH is 1. The van der Waals surface area contributed by atoms with Crippen LogP contribution in [0.25, 0.3) is 16.9 Å². The number of halogens is 1. The number of ether oxygens (including phenoxy) is 2. The maximum atomic E-state index is 12.8. The maximum Gasteiger partial charge on any atom is 0.272 e. The molecule has 2 N–H and O–H groups in total. The monoisotopic (exact) mass is 427 g/mol. The summed E-state index contributed by atoms with van der Waals surface area (Å²) in [5.41, 5.74) is 4.84. The Hall–Kier alpha value is -3.03. The zero-order chi connectivity index (χ0) is 21.3. The normalized spacial score (nSPS) is 11.7. The highest BCUT2D eigenvalue weighted by atomic mass is 35.5. The van der Waals surface area contributed by atoms with Gasteiger partial charge < -0.3 is 19.9 Å². The minimum Gasteiger partial charge on any atom is -0.493 e. The molecule has 0 unspecified atom stereocenters. The van der Waals surface area contributed by atoms with Crippen molar-refractivity contribution >= 4 is 17.5 Å². The van der Waals surface area contributed by atoms with Crippen molar-refractivity contribution in [2.24, 2.45) is 0 Å². The lowest BCUT2D eigenvalue weighted by Crippen LogP contribution is -2.26. The summed E-state index contributed by atoms with van der Waals surface area (Å²) < 4.78 is 12.7. The van der Waals surface area contributed by atoms with Gasteiger partial charge in [0.15, 0.2) is 17.2 Å². The maximum absolute atomic E-state index is 12.8. The van der Waals surface area contributed by atoms with Gasteiger partial charge in [0.05, 0.1) is 25.6 Å². The second-order valence-corrected chi connectivity index (χ2v) is 7.37. The van der Waals surface area contributed by atoms with Crippen molar-refractivity contribution in [3.05, 3.63) is 58.2 Å². The summed E-state index contributed by atoms with van der Waals surface area (Å²) in [4.78, 5) is 12.8. The van der Waals surface area contributed by atoms with Gasteiger partial charge in [-0.1, -0.05) is 11.6 Å². The number of amides is 1. The molecular weight excluding hydrogens is 406 g/mol. The van der Waals surface area contributed by atoms with E-state index in [2.05, 4.69) is 10.4 Å². The van der Waals surface area contributed by atoms with Crippen LogP contribution in [0, 0.1) is 0 Å². The number of nitrogens with zero attached hydrogens (tertiary/aromatic N) is 2. The standard InChI is InChI=1S/C22H22ClN3O4/c1-29-18-11-13-10-17-20(22(28)24-8-3-9-27)25-26(15-6-4-14(23)5-7-15)21(17)16(13)12-19(18)30-2/h4-7,11-12,27H,3,8-10H2,1-2H3,(H,24,28). The number of hydrogen-bond acceptors (Lipinski definition) is 5. The molecule has 3 aromatic rings. The van der Waals surface area contributed by atoms with Gasteiger partial charge >= 0.3 is 0 Å². The quantitative estimate of drug-likeness (QED) is 0.442. The second-order valence-electron chi connectivity index (χ2n) is 6.94. The van der Waals surface area contributed by atoms with Gasteiger partial charge in [-0.15, -0.1) is 0 Å². The van der Waals surface area contributed by atoms with E-state index in [4.69, 9.17) is 26.2 Å². The molecular formula is C22H22ClN3O4. The van der Waals surface area contributed by atoms with Crippen molar-refractivity contribution in [2.45, 2.75) is 12.8 Å². The van der Waals surface area contributed by atoms with Crippen molar-refractivity contribution in [1.29, 1.82) is 0 Å².